The molecule has 6 nitrogen and oxygen atoms in total. The fourth-order valence-corrected chi connectivity index (χ4v) is 4.73. The van der Waals surface area contributed by atoms with Gasteiger partial charge in [0, 0.05) is 31.9 Å². The van der Waals surface area contributed by atoms with E-state index in [0.717, 1.165) is 31.5 Å². The first-order chi connectivity index (χ1) is 12.3. The largest absolute Gasteiger partial charge is 0.372 e. The SMILES string of the molecule is CC(NC(=O)C1CCCN(S(C)(=O)=O)C1)c1ccc(N2CCCC2)cc1. The minimum atomic E-state index is -3.24. The first kappa shape index (κ1) is 19.2. The summed E-state index contributed by atoms with van der Waals surface area (Å²) in [6.45, 7) is 5.00. The number of rotatable bonds is 5. The van der Waals surface area contributed by atoms with Gasteiger partial charge in [0.2, 0.25) is 15.9 Å². The Bertz CT molecular complexity index is 727. The molecule has 2 atom stereocenters. The lowest BCUT2D eigenvalue weighted by Gasteiger charge is -2.31. The third-order valence-electron chi connectivity index (χ3n) is 5.45. The number of nitrogens with one attached hydrogen (secondary N) is 1. The highest BCUT2D eigenvalue weighted by atomic mass is 32.2. The molecule has 0 spiro atoms. The van der Waals surface area contributed by atoms with Gasteiger partial charge < -0.3 is 10.2 Å². The van der Waals surface area contributed by atoms with Crippen molar-refractivity contribution in [3.63, 3.8) is 0 Å². The number of benzene rings is 1. The molecule has 0 aromatic heterocycles. The first-order valence-corrected chi connectivity index (χ1v) is 11.3. The van der Waals surface area contributed by atoms with E-state index in [4.69, 9.17) is 0 Å². The molecule has 0 saturated carbocycles. The van der Waals surface area contributed by atoms with E-state index in [9.17, 15) is 13.2 Å². The van der Waals surface area contributed by atoms with Gasteiger partial charge in [-0.25, -0.2) is 12.7 Å². The van der Waals surface area contributed by atoms with Crippen LogP contribution in [0, 0.1) is 5.92 Å². The van der Waals surface area contributed by atoms with Crippen LogP contribution < -0.4 is 10.2 Å². The van der Waals surface area contributed by atoms with Crippen LogP contribution in [-0.4, -0.2) is 51.1 Å². The predicted octanol–water partition coefficient (Wildman–Crippen LogP) is 2.14. The minimum absolute atomic E-state index is 0.0607. The van der Waals surface area contributed by atoms with Crippen molar-refractivity contribution in [3.05, 3.63) is 29.8 Å². The molecule has 2 aliphatic rings. The third kappa shape index (κ3) is 4.57. The molecule has 0 bridgehead atoms. The molecule has 1 aromatic rings. The average Bonchev–Trinajstić information content (AvgIpc) is 3.16. The number of sulfonamides is 1. The van der Waals surface area contributed by atoms with E-state index in [1.807, 2.05) is 6.92 Å². The Balaban J connectivity index is 1.58. The number of nitrogens with zero attached hydrogens (tertiary/aromatic N) is 2. The van der Waals surface area contributed by atoms with Crippen molar-refractivity contribution in [2.75, 3.05) is 37.3 Å². The Labute approximate surface area is 156 Å². The number of amides is 1. The van der Waals surface area contributed by atoms with Crippen molar-refractivity contribution in [3.8, 4) is 0 Å². The summed E-state index contributed by atoms with van der Waals surface area (Å²) in [5.74, 6) is -0.334. The number of hydrogen-bond acceptors (Lipinski definition) is 4. The number of anilines is 1. The molecule has 1 amide bonds. The fourth-order valence-electron chi connectivity index (χ4n) is 3.82. The van der Waals surface area contributed by atoms with Crippen molar-refractivity contribution in [1.82, 2.24) is 9.62 Å². The maximum atomic E-state index is 12.6. The van der Waals surface area contributed by atoms with Crippen LogP contribution in [0.3, 0.4) is 0 Å². The highest BCUT2D eigenvalue weighted by Crippen LogP contribution is 2.24. The highest BCUT2D eigenvalue weighted by molar-refractivity contribution is 7.88. The van der Waals surface area contributed by atoms with E-state index in [1.165, 1.54) is 29.1 Å². The molecule has 2 fully saturated rings. The Hall–Kier alpha value is -1.60. The van der Waals surface area contributed by atoms with Gasteiger partial charge in [0.1, 0.15) is 0 Å². The van der Waals surface area contributed by atoms with Crippen LogP contribution in [0.2, 0.25) is 0 Å². The standard InChI is InChI=1S/C19H29N3O3S/c1-15(16-7-9-18(10-8-16)21-11-3-4-12-21)20-19(23)17-6-5-13-22(14-17)26(2,24)25/h7-10,15,17H,3-6,11-14H2,1-2H3,(H,20,23). The summed E-state index contributed by atoms with van der Waals surface area (Å²) >= 11 is 0. The Morgan fingerprint density at radius 1 is 1.12 bits per heavy atom. The van der Waals surface area contributed by atoms with E-state index in [-0.39, 0.29) is 24.4 Å². The minimum Gasteiger partial charge on any atom is -0.372 e. The summed E-state index contributed by atoms with van der Waals surface area (Å²) in [4.78, 5) is 15.0. The van der Waals surface area contributed by atoms with Crippen LogP contribution in [-0.2, 0) is 14.8 Å². The monoisotopic (exact) mass is 379 g/mol. The van der Waals surface area contributed by atoms with Crippen molar-refractivity contribution in [1.29, 1.82) is 0 Å². The Morgan fingerprint density at radius 3 is 2.38 bits per heavy atom. The molecule has 2 heterocycles. The average molecular weight is 380 g/mol. The fraction of sp³-hybridized carbons (Fsp3) is 0.632. The highest BCUT2D eigenvalue weighted by Gasteiger charge is 2.30. The number of carbonyl (C=O) groups is 1. The zero-order valence-electron chi connectivity index (χ0n) is 15.6. The molecule has 3 rings (SSSR count). The molecule has 2 saturated heterocycles. The first-order valence-electron chi connectivity index (χ1n) is 9.45. The summed E-state index contributed by atoms with van der Waals surface area (Å²) < 4.78 is 24.9. The van der Waals surface area contributed by atoms with Crippen LogP contribution in [0.5, 0.6) is 0 Å². The topological polar surface area (TPSA) is 69.7 Å². The molecule has 0 radical (unpaired) electrons. The Kier molecular flexibility index (Phi) is 5.87. The van der Waals surface area contributed by atoms with E-state index < -0.39 is 10.0 Å². The third-order valence-corrected chi connectivity index (χ3v) is 6.72. The number of hydrogen-bond donors (Lipinski definition) is 1. The molecule has 2 unspecified atom stereocenters. The molecule has 7 heteroatoms. The maximum absolute atomic E-state index is 12.6. The van der Waals surface area contributed by atoms with Crippen LogP contribution in [0.15, 0.2) is 24.3 Å². The molecule has 1 aromatic carbocycles. The van der Waals surface area contributed by atoms with Gasteiger partial charge in [0.25, 0.3) is 0 Å². The van der Waals surface area contributed by atoms with Gasteiger partial charge in [-0.15, -0.1) is 0 Å². The molecule has 144 valence electrons. The smallest absolute Gasteiger partial charge is 0.224 e. The molecule has 0 aliphatic carbocycles. The second-order valence-corrected chi connectivity index (χ2v) is 9.46. The van der Waals surface area contributed by atoms with Crippen LogP contribution >= 0.6 is 0 Å². The summed E-state index contributed by atoms with van der Waals surface area (Å²) in [5, 5.41) is 3.05. The lowest BCUT2D eigenvalue weighted by Crippen LogP contribution is -2.45. The normalized spacial score (nSPS) is 23.0. The van der Waals surface area contributed by atoms with Gasteiger partial charge in [0.15, 0.2) is 0 Å². The molecule has 26 heavy (non-hydrogen) atoms. The molecule has 2 aliphatic heterocycles. The summed E-state index contributed by atoms with van der Waals surface area (Å²) in [5.41, 5.74) is 2.30. The zero-order chi connectivity index (χ0) is 18.7. The van der Waals surface area contributed by atoms with Gasteiger partial charge in [0.05, 0.1) is 18.2 Å². The van der Waals surface area contributed by atoms with Crippen LogP contribution in [0.25, 0.3) is 0 Å². The molecular formula is C19H29N3O3S. The summed E-state index contributed by atoms with van der Waals surface area (Å²) in [6.07, 6.45) is 5.17. The summed E-state index contributed by atoms with van der Waals surface area (Å²) in [7, 11) is -3.24. The van der Waals surface area contributed by atoms with Gasteiger partial charge in [-0.3, -0.25) is 4.79 Å². The van der Waals surface area contributed by atoms with Crippen LogP contribution in [0.1, 0.15) is 44.2 Å². The van der Waals surface area contributed by atoms with Crippen molar-refractivity contribution < 1.29 is 13.2 Å². The second-order valence-electron chi connectivity index (χ2n) is 7.48. The lowest BCUT2D eigenvalue weighted by atomic mass is 9.98. The molecule has 1 N–H and O–H groups in total. The maximum Gasteiger partial charge on any atom is 0.224 e. The number of piperidine rings is 1. The van der Waals surface area contributed by atoms with Crippen LogP contribution in [0.4, 0.5) is 5.69 Å². The van der Waals surface area contributed by atoms with E-state index >= 15 is 0 Å². The number of carbonyl (C=O) groups excluding carboxylic acids is 1. The second kappa shape index (κ2) is 7.96. The van der Waals surface area contributed by atoms with Gasteiger partial charge in [-0.05, 0) is 50.3 Å². The van der Waals surface area contributed by atoms with Gasteiger partial charge >= 0.3 is 0 Å². The molecular weight excluding hydrogens is 350 g/mol. The van der Waals surface area contributed by atoms with Crippen molar-refractivity contribution >= 4 is 21.6 Å². The van der Waals surface area contributed by atoms with Crippen molar-refractivity contribution in [2.45, 2.75) is 38.6 Å². The quantitative estimate of drug-likeness (QED) is 0.851. The van der Waals surface area contributed by atoms with E-state index in [2.05, 4.69) is 34.5 Å². The van der Waals surface area contributed by atoms with Crippen molar-refractivity contribution in [2.24, 2.45) is 5.92 Å². The van der Waals surface area contributed by atoms with E-state index in [1.54, 1.807) is 0 Å². The van der Waals surface area contributed by atoms with E-state index in [0.29, 0.717) is 6.54 Å². The summed E-state index contributed by atoms with van der Waals surface area (Å²) in [6, 6.07) is 8.29. The zero-order valence-corrected chi connectivity index (χ0v) is 16.5. The predicted molar refractivity (Wildman–Crippen MR) is 104 cm³/mol. The lowest BCUT2D eigenvalue weighted by molar-refractivity contribution is -0.126. The van der Waals surface area contributed by atoms with Gasteiger partial charge in [-0.1, -0.05) is 12.1 Å². The van der Waals surface area contributed by atoms with Gasteiger partial charge in [-0.2, -0.15) is 0 Å². The Morgan fingerprint density at radius 2 is 1.77 bits per heavy atom.